The summed E-state index contributed by atoms with van der Waals surface area (Å²) in [5.74, 6) is 0.801. The number of amidine groups is 1. The fraction of sp³-hybridized carbons (Fsp3) is 0.333. The number of aryl methyl sites for hydroxylation is 1. The third-order valence-electron chi connectivity index (χ3n) is 3.99. The summed E-state index contributed by atoms with van der Waals surface area (Å²) >= 11 is 0. The lowest BCUT2D eigenvalue weighted by Crippen LogP contribution is -2.16. The van der Waals surface area contributed by atoms with Gasteiger partial charge in [-0.05, 0) is 44.4 Å². The number of hydrogen-bond acceptors (Lipinski definition) is 1. The second kappa shape index (κ2) is 7.36. The molecule has 2 nitrogen and oxygen atoms in total. The molecule has 1 aromatic rings. The molecule has 0 atom stereocenters. The maximum absolute atomic E-state index is 4.79. The van der Waals surface area contributed by atoms with Gasteiger partial charge in [-0.15, -0.1) is 0 Å². The van der Waals surface area contributed by atoms with Crippen LogP contribution in [-0.2, 0) is 0 Å². The Morgan fingerprint density at radius 2 is 1.83 bits per heavy atom. The summed E-state index contributed by atoms with van der Waals surface area (Å²) in [5.41, 5.74) is 8.01. The molecule has 23 heavy (non-hydrogen) atoms. The van der Waals surface area contributed by atoms with E-state index >= 15 is 0 Å². The summed E-state index contributed by atoms with van der Waals surface area (Å²) < 4.78 is 0. The number of benzene rings is 1. The molecule has 0 saturated heterocycles. The Labute approximate surface area is 140 Å². The summed E-state index contributed by atoms with van der Waals surface area (Å²) in [6.45, 7) is 12.8. The lowest BCUT2D eigenvalue weighted by molar-refractivity contribution is 0.918. The smallest absolute Gasteiger partial charge is 0.155 e. The molecule has 0 amide bonds. The fourth-order valence-corrected chi connectivity index (χ4v) is 2.77. The molecule has 0 N–H and O–H groups in total. The average molecular weight is 306 g/mol. The SMILES string of the molecule is C=C(CCC)C1=CC(c2ccc(C)cc2)=NC(=NC)C1=C(C)C. The van der Waals surface area contributed by atoms with Crippen LogP contribution in [0, 0.1) is 6.92 Å². The quantitative estimate of drug-likeness (QED) is 0.707. The van der Waals surface area contributed by atoms with E-state index < -0.39 is 0 Å². The molecule has 1 aliphatic rings. The molecule has 0 radical (unpaired) electrons. The minimum Gasteiger partial charge on any atom is -0.270 e. The molecule has 2 heteroatoms. The third-order valence-corrected chi connectivity index (χ3v) is 3.99. The average Bonchev–Trinajstić information content (AvgIpc) is 2.54. The van der Waals surface area contributed by atoms with Crippen molar-refractivity contribution in [3.63, 3.8) is 0 Å². The summed E-state index contributed by atoms with van der Waals surface area (Å²) in [5, 5.41) is 0. The van der Waals surface area contributed by atoms with E-state index in [2.05, 4.69) is 69.6 Å². The van der Waals surface area contributed by atoms with Crippen LogP contribution in [0.2, 0.25) is 0 Å². The lowest BCUT2D eigenvalue weighted by atomic mass is 9.88. The maximum atomic E-state index is 4.79. The van der Waals surface area contributed by atoms with Gasteiger partial charge >= 0.3 is 0 Å². The molecule has 0 bridgehead atoms. The van der Waals surface area contributed by atoms with Gasteiger partial charge < -0.3 is 0 Å². The first-order valence-electron chi connectivity index (χ1n) is 8.18. The Morgan fingerprint density at radius 3 is 2.35 bits per heavy atom. The van der Waals surface area contributed by atoms with Gasteiger partial charge in [0.15, 0.2) is 5.84 Å². The zero-order chi connectivity index (χ0) is 17.0. The third kappa shape index (κ3) is 3.76. The Bertz CT molecular complexity index is 722. The first kappa shape index (κ1) is 17.1. The molecular weight excluding hydrogens is 280 g/mol. The van der Waals surface area contributed by atoms with Gasteiger partial charge in [0, 0.05) is 18.2 Å². The number of rotatable bonds is 4. The molecule has 0 fully saturated rings. The standard InChI is InChI=1S/C21H26N2/c1-7-8-16(5)18-13-19(17-11-9-15(4)10-12-17)23-21(22-6)20(18)14(2)3/h9-13H,5,7-8H2,1-4,6H3. The molecular formula is C21H26N2. The number of dihydropyridines is 1. The van der Waals surface area contributed by atoms with E-state index in [-0.39, 0.29) is 0 Å². The van der Waals surface area contributed by atoms with E-state index in [0.717, 1.165) is 41.1 Å². The Kier molecular flexibility index (Phi) is 5.49. The van der Waals surface area contributed by atoms with Crippen molar-refractivity contribution in [3.05, 3.63) is 70.3 Å². The second-order valence-electron chi connectivity index (χ2n) is 6.20. The van der Waals surface area contributed by atoms with E-state index in [9.17, 15) is 0 Å². The Hall–Kier alpha value is -2.22. The van der Waals surface area contributed by atoms with Gasteiger partial charge in [0.2, 0.25) is 0 Å². The molecule has 0 aliphatic carbocycles. The summed E-state index contributed by atoms with van der Waals surface area (Å²) in [7, 11) is 1.81. The van der Waals surface area contributed by atoms with E-state index in [1.54, 1.807) is 7.05 Å². The van der Waals surface area contributed by atoms with Crippen molar-refractivity contribution in [2.24, 2.45) is 9.98 Å². The van der Waals surface area contributed by atoms with Crippen molar-refractivity contribution in [2.45, 2.75) is 40.5 Å². The van der Waals surface area contributed by atoms with Crippen molar-refractivity contribution in [1.82, 2.24) is 0 Å². The molecule has 1 aliphatic heterocycles. The normalized spacial score (nSPS) is 16.2. The lowest BCUT2D eigenvalue weighted by Gasteiger charge is -2.21. The van der Waals surface area contributed by atoms with E-state index in [1.807, 2.05) is 0 Å². The van der Waals surface area contributed by atoms with Gasteiger partial charge in [-0.3, -0.25) is 4.99 Å². The monoisotopic (exact) mass is 306 g/mol. The number of nitrogens with zero attached hydrogens (tertiary/aromatic N) is 2. The van der Waals surface area contributed by atoms with Crippen molar-refractivity contribution >= 4 is 11.5 Å². The zero-order valence-corrected chi connectivity index (χ0v) is 14.9. The van der Waals surface area contributed by atoms with Crippen LogP contribution in [0.15, 0.2) is 69.2 Å². The van der Waals surface area contributed by atoms with Crippen molar-refractivity contribution in [1.29, 1.82) is 0 Å². The number of hydrogen-bond donors (Lipinski definition) is 0. The summed E-state index contributed by atoms with van der Waals surface area (Å²) in [6, 6.07) is 8.47. The van der Waals surface area contributed by atoms with Gasteiger partial charge in [0.25, 0.3) is 0 Å². The van der Waals surface area contributed by atoms with Crippen molar-refractivity contribution < 1.29 is 0 Å². The Morgan fingerprint density at radius 1 is 1.17 bits per heavy atom. The number of aliphatic imine (C=N–C) groups is 2. The fourth-order valence-electron chi connectivity index (χ4n) is 2.77. The highest BCUT2D eigenvalue weighted by Gasteiger charge is 2.21. The van der Waals surface area contributed by atoms with Gasteiger partial charge in [-0.2, -0.15) is 0 Å². The van der Waals surface area contributed by atoms with Gasteiger partial charge in [0.1, 0.15) is 0 Å². The first-order chi connectivity index (χ1) is 11.0. The Balaban J connectivity index is 2.59. The van der Waals surface area contributed by atoms with Gasteiger partial charge in [-0.1, -0.05) is 55.3 Å². The topological polar surface area (TPSA) is 24.7 Å². The van der Waals surface area contributed by atoms with Gasteiger partial charge in [-0.25, -0.2) is 4.99 Å². The summed E-state index contributed by atoms with van der Waals surface area (Å²) in [6.07, 6.45) is 4.24. The highest BCUT2D eigenvalue weighted by molar-refractivity contribution is 6.22. The molecule has 0 unspecified atom stereocenters. The molecule has 2 rings (SSSR count). The van der Waals surface area contributed by atoms with E-state index in [4.69, 9.17) is 4.99 Å². The minimum absolute atomic E-state index is 0.801. The summed E-state index contributed by atoms with van der Waals surface area (Å²) in [4.78, 5) is 9.21. The van der Waals surface area contributed by atoms with E-state index in [0.29, 0.717) is 0 Å². The molecule has 1 aromatic carbocycles. The van der Waals surface area contributed by atoms with Crippen molar-refractivity contribution in [3.8, 4) is 0 Å². The molecule has 120 valence electrons. The highest BCUT2D eigenvalue weighted by Crippen LogP contribution is 2.30. The van der Waals surface area contributed by atoms with Crippen molar-refractivity contribution in [2.75, 3.05) is 7.05 Å². The second-order valence-corrected chi connectivity index (χ2v) is 6.20. The largest absolute Gasteiger partial charge is 0.270 e. The zero-order valence-electron chi connectivity index (χ0n) is 14.9. The van der Waals surface area contributed by atoms with Crippen LogP contribution < -0.4 is 0 Å². The predicted octanol–water partition coefficient (Wildman–Crippen LogP) is 5.45. The van der Waals surface area contributed by atoms with Crippen LogP contribution in [0.25, 0.3) is 0 Å². The number of allylic oxidation sites excluding steroid dienone is 3. The van der Waals surface area contributed by atoms with Crippen LogP contribution in [0.3, 0.4) is 0 Å². The predicted molar refractivity (Wildman–Crippen MR) is 102 cm³/mol. The first-order valence-corrected chi connectivity index (χ1v) is 8.18. The van der Waals surface area contributed by atoms with Crippen LogP contribution in [0.5, 0.6) is 0 Å². The van der Waals surface area contributed by atoms with Crippen LogP contribution in [0.4, 0.5) is 0 Å². The molecule has 0 spiro atoms. The highest BCUT2D eigenvalue weighted by atomic mass is 14.9. The molecule has 0 aromatic heterocycles. The van der Waals surface area contributed by atoms with E-state index in [1.165, 1.54) is 16.7 Å². The van der Waals surface area contributed by atoms with Gasteiger partial charge in [0.05, 0.1) is 5.71 Å². The molecule has 0 saturated carbocycles. The minimum atomic E-state index is 0.801. The van der Waals surface area contributed by atoms with Crippen LogP contribution in [0.1, 0.15) is 44.7 Å². The van der Waals surface area contributed by atoms with Crippen LogP contribution in [-0.4, -0.2) is 18.6 Å². The maximum Gasteiger partial charge on any atom is 0.155 e. The molecule has 1 heterocycles. The van der Waals surface area contributed by atoms with Crippen LogP contribution >= 0.6 is 0 Å².